The molecule has 2 N–H and O–H groups in total. The zero-order valence-corrected chi connectivity index (χ0v) is 11.0. The number of rotatable bonds is 4. The van der Waals surface area contributed by atoms with Crippen LogP contribution in [0.4, 0.5) is 4.39 Å². The molecule has 1 aromatic carbocycles. The lowest BCUT2D eigenvalue weighted by Gasteiger charge is -2.21. The third-order valence-corrected chi connectivity index (χ3v) is 3.14. The van der Waals surface area contributed by atoms with Gasteiger partial charge in [-0.2, -0.15) is 0 Å². The van der Waals surface area contributed by atoms with Gasteiger partial charge in [-0.05, 0) is 43.7 Å². The molecule has 1 unspecified atom stereocenters. The van der Waals surface area contributed by atoms with Crippen molar-refractivity contribution in [1.29, 1.82) is 0 Å². The van der Waals surface area contributed by atoms with Crippen molar-refractivity contribution >= 4 is 0 Å². The van der Waals surface area contributed by atoms with E-state index in [2.05, 4.69) is 10.3 Å². The molecule has 0 spiro atoms. The van der Waals surface area contributed by atoms with E-state index in [-0.39, 0.29) is 23.7 Å². The van der Waals surface area contributed by atoms with Crippen LogP contribution in [0, 0.1) is 5.82 Å². The highest BCUT2D eigenvalue weighted by Crippen LogP contribution is 2.26. The van der Waals surface area contributed by atoms with Crippen LogP contribution >= 0.6 is 0 Å². The minimum atomic E-state index is -0.351. The predicted molar refractivity (Wildman–Crippen MR) is 72.3 cm³/mol. The lowest BCUT2D eigenvalue weighted by molar-refractivity contribution is 0.435. The van der Waals surface area contributed by atoms with Gasteiger partial charge in [0.1, 0.15) is 11.6 Å². The molecular weight excluding hydrogens is 243 g/mol. The maximum atomic E-state index is 13.2. The van der Waals surface area contributed by atoms with Crippen molar-refractivity contribution in [3.05, 3.63) is 59.7 Å². The number of nitrogens with one attached hydrogen (secondary N) is 1. The fourth-order valence-electron chi connectivity index (χ4n) is 2.07. The summed E-state index contributed by atoms with van der Waals surface area (Å²) in [6.45, 7) is 3.89. The first-order chi connectivity index (χ1) is 9.08. The third kappa shape index (κ3) is 3.29. The van der Waals surface area contributed by atoms with E-state index in [9.17, 15) is 9.50 Å². The highest BCUT2D eigenvalue weighted by Gasteiger charge is 2.14. The van der Waals surface area contributed by atoms with Gasteiger partial charge in [0.2, 0.25) is 0 Å². The molecule has 1 aromatic heterocycles. The van der Waals surface area contributed by atoms with E-state index in [4.69, 9.17) is 0 Å². The normalized spacial score (nSPS) is 14.1. The van der Waals surface area contributed by atoms with Crippen molar-refractivity contribution in [2.75, 3.05) is 0 Å². The molecule has 2 atom stereocenters. The maximum Gasteiger partial charge on any atom is 0.123 e. The molecule has 4 heteroatoms. The summed E-state index contributed by atoms with van der Waals surface area (Å²) in [5.41, 5.74) is 1.60. The van der Waals surface area contributed by atoms with Crippen LogP contribution in [0.5, 0.6) is 5.75 Å². The standard InChI is InChI=1S/C15H17FN2O/c1-10(12-4-3-7-17-9-12)18-11(2)14-8-13(16)5-6-15(14)19/h3-11,18-19H,1-2H3/t10-,11?/m1/s1. The molecule has 0 saturated heterocycles. The molecule has 1 heterocycles. The molecule has 3 nitrogen and oxygen atoms in total. The van der Waals surface area contributed by atoms with Gasteiger partial charge in [-0.1, -0.05) is 6.07 Å². The molecule has 19 heavy (non-hydrogen) atoms. The number of benzene rings is 1. The number of phenols is 1. The van der Waals surface area contributed by atoms with E-state index in [1.807, 2.05) is 26.0 Å². The molecule has 0 aliphatic carbocycles. The number of aromatic hydroxyl groups is 1. The van der Waals surface area contributed by atoms with Crippen molar-refractivity contribution in [2.45, 2.75) is 25.9 Å². The van der Waals surface area contributed by atoms with Gasteiger partial charge in [-0.3, -0.25) is 4.98 Å². The summed E-state index contributed by atoms with van der Waals surface area (Å²) in [5, 5.41) is 13.1. The van der Waals surface area contributed by atoms with Gasteiger partial charge in [0.05, 0.1) is 0 Å². The van der Waals surface area contributed by atoms with Crippen LogP contribution in [-0.2, 0) is 0 Å². The molecule has 2 aromatic rings. The quantitative estimate of drug-likeness (QED) is 0.886. The zero-order chi connectivity index (χ0) is 13.8. The number of phenolic OH excluding ortho intramolecular Hbond substituents is 1. The third-order valence-electron chi connectivity index (χ3n) is 3.14. The van der Waals surface area contributed by atoms with Crippen LogP contribution in [0.2, 0.25) is 0 Å². The van der Waals surface area contributed by atoms with Gasteiger partial charge in [-0.15, -0.1) is 0 Å². The van der Waals surface area contributed by atoms with Crippen LogP contribution < -0.4 is 5.32 Å². The molecule has 2 rings (SSSR count). The first kappa shape index (κ1) is 13.5. The van der Waals surface area contributed by atoms with E-state index >= 15 is 0 Å². The second kappa shape index (κ2) is 5.80. The highest BCUT2D eigenvalue weighted by atomic mass is 19.1. The second-order valence-electron chi connectivity index (χ2n) is 4.60. The number of aromatic nitrogens is 1. The van der Waals surface area contributed by atoms with Crippen molar-refractivity contribution in [3.63, 3.8) is 0 Å². The number of nitrogens with zero attached hydrogens (tertiary/aromatic N) is 1. The van der Waals surface area contributed by atoms with E-state index in [0.29, 0.717) is 5.56 Å². The Kier molecular flexibility index (Phi) is 4.12. The molecule has 0 fully saturated rings. The van der Waals surface area contributed by atoms with Crippen molar-refractivity contribution in [1.82, 2.24) is 10.3 Å². The zero-order valence-electron chi connectivity index (χ0n) is 11.0. The SMILES string of the molecule is CC(N[C@H](C)c1cccnc1)c1cc(F)ccc1O. The second-order valence-corrected chi connectivity index (χ2v) is 4.60. The first-order valence-corrected chi connectivity index (χ1v) is 6.22. The summed E-state index contributed by atoms with van der Waals surface area (Å²) in [6.07, 6.45) is 3.51. The van der Waals surface area contributed by atoms with Crippen LogP contribution in [0.25, 0.3) is 0 Å². The largest absolute Gasteiger partial charge is 0.508 e. The van der Waals surface area contributed by atoms with Gasteiger partial charge in [-0.25, -0.2) is 4.39 Å². The molecule has 0 bridgehead atoms. The molecular formula is C15H17FN2O. The summed E-state index contributed by atoms with van der Waals surface area (Å²) in [7, 11) is 0. The number of halogens is 1. The highest BCUT2D eigenvalue weighted by molar-refractivity contribution is 5.35. The average molecular weight is 260 g/mol. The Labute approximate surface area is 112 Å². The Hall–Kier alpha value is -1.94. The molecule has 100 valence electrons. The Morgan fingerprint density at radius 2 is 2.00 bits per heavy atom. The predicted octanol–water partition coefficient (Wildman–Crippen LogP) is 3.34. The molecule has 0 radical (unpaired) electrons. The van der Waals surface area contributed by atoms with Gasteiger partial charge in [0.15, 0.2) is 0 Å². The van der Waals surface area contributed by atoms with Crippen LogP contribution in [0.1, 0.15) is 37.1 Å². The minimum absolute atomic E-state index is 0.0615. The van der Waals surface area contributed by atoms with Crippen molar-refractivity contribution in [2.24, 2.45) is 0 Å². The topological polar surface area (TPSA) is 45.2 Å². The van der Waals surface area contributed by atoms with E-state index < -0.39 is 0 Å². The number of hydrogen-bond donors (Lipinski definition) is 2. The summed E-state index contributed by atoms with van der Waals surface area (Å²) in [6, 6.07) is 7.72. The number of hydrogen-bond acceptors (Lipinski definition) is 3. The summed E-state index contributed by atoms with van der Waals surface area (Å²) < 4.78 is 13.2. The Morgan fingerprint density at radius 1 is 1.21 bits per heavy atom. The minimum Gasteiger partial charge on any atom is -0.508 e. The van der Waals surface area contributed by atoms with Crippen LogP contribution in [0.3, 0.4) is 0 Å². The molecule has 0 amide bonds. The maximum absolute atomic E-state index is 13.2. The smallest absolute Gasteiger partial charge is 0.123 e. The van der Waals surface area contributed by atoms with Gasteiger partial charge in [0.25, 0.3) is 0 Å². The molecule has 0 aliphatic rings. The summed E-state index contributed by atoms with van der Waals surface area (Å²) in [4.78, 5) is 4.07. The van der Waals surface area contributed by atoms with Gasteiger partial charge < -0.3 is 10.4 Å². The van der Waals surface area contributed by atoms with E-state index in [0.717, 1.165) is 5.56 Å². The molecule has 0 aliphatic heterocycles. The van der Waals surface area contributed by atoms with Crippen molar-refractivity contribution < 1.29 is 9.50 Å². The lowest BCUT2D eigenvalue weighted by atomic mass is 10.0. The monoisotopic (exact) mass is 260 g/mol. The van der Waals surface area contributed by atoms with Crippen LogP contribution in [-0.4, -0.2) is 10.1 Å². The number of pyridine rings is 1. The summed E-state index contributed by atoms with van der Waals surface area (Å²) in [5.74, 6) is -0.254. The fourth-order valence-corrected chi connectivity index (χ4v) is 2.07. The van der Waals surface area contributed by atoms with Crippen molar-refractivity contribution in [3.8, 4) is 5.75 Å². The fraction of sp³-hybridized carbons (Fsp3) is 0.267. The van der Waals surface area contributed by atoms with E-state index in [1.165, 1.54) is 18.2 Å². The first-order valence-electron chi connectivity index (χ1n) is 6.22. The lowest BCUT2D eigenvalue weighted by Crippen LogP contribution is -2.22. The van der Waals surface area contributed by atoms with E-state index in [1.54, 1.807) is 12.4 Å². The Morgan fingerprint density at radius 3 is 2.68 bits per heavy atom. The Bertz CT molecular complexity index is 545. The Balaban J connectivity index is 2.13. The van der Waals surface area contributed by atoms with Gasteiger partial charge >= 0.3 is 0 Å². The van der Waals surface area contributed by atoms with Crippen LogP contribution in [0.15, 0.2) is 42.7 Å². The average Bonchev–Trinajstić information content (AvgIpc) is 2.42. The summed E-state index contributed by atoms with van der Waals surface area (Å²) >= 11 is 0. The molecule has 0 saturated carbocycles. The van der Waals surface area contributed by atoms with Gasteiger partial charge in [0, 0.05) is 30.0 Å².